The lowest BCUT2D eigenvalue weighted by molar-refractivity contribution is 0.0938. The summed E-state index contributed by atoms with van der Waals surface area (Å²) >= 11 is 12.8. The number of ether oxygens (including phenoxy) is 1. The van der Waals surface area contributed by atoms with Gasteiger partial charge in [-0.05, 0) is 48.3 Å². The highest BCUT2D eigenvalue weighted by Gasteiger charge is 2.13. The van der Waals surface area contributed by atoms with Gasteiger partial charge >= 0.3 is 6.03 Å². The second-order valence-electron chi connectivity index (χ2n) is 4.98. The van der Waals surface area contributed by atoms with Crippen molar-refractivity contribution in [2.45, 2.75) is 4.90 Å². The molecule has 10 heteroatoms. The highest BCUT2D eigenvalue weighted by Crippen LogP contribution is 2.30. The van der Waals surface area contributed by atoms with Crippen LogP contribution >= 0.6 is 35.1 Å². The van der Waals surface area contributed by atoms with Crippen LogP contribution in [0.3, 0.4) is 0 Å². The zero-order valence-electron chi connectivity index (χ0n) is 13.4. The van der Waals surface area contributed by atoms with Crippen LogP contribution in [0.1, 0.15) is 10.6 Å². The van der Waals surface area contributed by atoms with Crippen LogP contribution in [-0.4, -0.2) is 16.9 Å². The van der Waals surface area contributed by atoms with E-state index in [1.54, 1.807) is 30.3 Å². The molecule has 0 unspecified atom stereocenters. The number of amides is 3. The number of aromatic nitrogens is 1. The smallest absolute Gasteiger partial charge is 0.332 e. The Kier molecular flexibility index (Phi) is 6.23. The van der Waals surface area contributed by atoms with Gasteiger partial charge in [0, 0.05) is 11.1 Å². The molecular formula is C17H11Cl2N3O4S. The Morgan fingerprint density at radius 1 is 1.15 bits per heavy atom. The van der Waals surface area contributed by atoms with E-state index in [4.69, 9.17) is 32.4 Å². The molecule has 3 amide bonds. The van der Waals surface area contributed by atoms with Gasteiger partial charge in [-0.2, -0.15) is 0 Å². The molecule has 138 valence electrons. The third kappa shape index (κ3) is 5.40. The normalized spacial score (nSPS) is 10.3. The molecule has 0 atom stereocenters. The summed E-state index contributed by atoms with van der Waals surface area (Å²) in [6, 6.07) is 10.7. The number of hydrogen-bond acceptors (Lipinski definition) is 6. The zero-order chi connectivity index (χ0) is 19.2. The number of urea groups is 1. The van der Waals surface area contributed by atoms with Gasteiger partial charge in [0.1, 0.15) is 10.8 Å². The van der Waals surface area contributed by atoms with Crippen molar-refractivity contribution in [1.29, 1.82) is 0 Å². The molecule has 2 aromatic heterocycles. The van der Waals surface area contributed by atoms with Crippen LogP contribution in [-0.2, 0) is 0 Å². The second-order valence-corrected chi connectivity index (χ2v) is 6.71. The molecule has 0 spiro atoms. The molecule has 7 nitrogen and oxygen atoms in total. The first-order valence-corrected chi connectivity index (χ1v) is 8.99. The summed E-state index contributed by atoms with van der Waals surface area (Å²) in [4.78, 5) is 28.2. The maximum atomic E-state index is 11.8. The van der Waals surface area contributed by atoms with Crippen LogP contribution in [0.15, 0.2) is 64.2 Å². The molecule has 0 radical (unpaired) electrons. The molecule has 0 bridgehead atoms. The van der Waals surface area contributed by atoms with Crippen molar-refractivity contribution >= 4 is 47.1 Å². The number of pyridine rings is 1. The van der Waals surface area contributed by atoms with Crippen LogP contribution in [0.2, 0.25) is 10.0 Å². The van der Waals surface area contributed by atoms with Gasteiger partial charge in [-0.25, -0.2) is 9.78 Å². The number of rotatable bonds is 5. The number of carbonyl (C=O) groups excluding carboxylic acids is 2. The van der Waals surface area contributed by atoms with E-state index in [2.05, 4.69) is 15.0 Å². The number of carbonyl (C=O) groups is 2. The molecule has 0 fully saturated rings. The standard InChI is InChI=1S/C17H11Cl2N3O4S/c18-10-7-13(19)16(20-9-10)26-11-3-1-4-12(8-11)27-22-17(24)21-15(23)14-5-2-6-25-14/h1-9H,(H2,21,22,23,24). The van der Waals surface area contributed by atoms with Gasteiger partial charge in [-0.1, -0.05) is 29.3 Å². The maximum absolute atomic E-state index is 11.8. The Labute approximate surface area is 168 Å². The van der Waals surface area contributed by atoms with Crippen molar-refractivity contribution in [2.75, 3.05) is 0 Å². The lowest BCUT2D eigenvalue weighted by atomic mass is 10.3. The van der Waals surface area contributed by atoms with Gasteiger partial charge in [0.15, 0.2) is 5.76 Å². The molecule has 27 heavy (non-hydrogen) atoms. The molecule has 0 aliphatic carbocycles. The van der Waals surface area contributed by atoms with Gasteiger partial charge in [0.25, 0.3) is 5.91 Å². The van der Waals surface area contributed by atoms with E-state index in [0.29, 0.717) is 15.7 Å². The van der Waals surface area contributed by atoms with Crippen molar-refractivity contribution in [3.05, 3.63) is 70.7 Å². The van der Waals surface area contributed by atoms with Crippen LogP contribution in [0.5, 0.6) is 11.6 Å². The quantitative estimate of drug-likeness (QED) is 0.565. The fraction of sp³-hybridized carbons (Fsp3) is 0. The number of benzene rings is 1. The number of imide groups is 1. The third-order valence-electron chi connectivity index (χ3n) is 3.03. The van der Waals surface area contributed by atoms with E-state index in [0.717, 1.165) is 11.9 Å². The second kappa shape index (κ2) is 8.81. The summed E-state index contributed by atoms with van der Waals surface area (Å²) in [5.41, 5.74) is 0. The maximum Gasteiger partial charge on any atom is 0.332 e. The fourth-order valence-electron chi connectivity index (χ4n) is 1.89. The lowest BCUT2D eigenvalue weighted by Gasteiger charge is -2.09. The highest BCUT2D eigenvalue weighted by molar-refractivity contribution is 7.98. The van der Waals surface area contributed by atoms with Crippen molar-refractivity contribution in [3.63, 3.8) is 0 Å². The lowest BCUT2D eigenvalue weighted by Crippen LogP contribution is -2.36. The molecule has 0 aliphatic rings. The summed E-state index contributed by atoms with van der Waals surface area (Å²) < 4.78 is 13.0. The topological polar surface area (TPSA) is 93.5 Å². The monoisotopic (exact) mass is 423 g/mol. The van der Waals surface area contributed by atoms with Gasteiger partial charge in [-0.3, -0.25) is 14.8 Å². The molecule has 3 rings (SSSR count). The van der Waals surface area contributed by atoms with Crippen LogP contribution in [0, 0.1) is 0 Å². The largest absolute Gasteiger partial charge is 0.459 e. The molecule has 0 aliphatic heterocycles. The summed E-state index contributed by atoms with van der Waals surface area (Å²) in [5, 5.41) is 2.82. The van der Waals surface area contributed by atoms with E-state index >= 15 is 0 Å². The predicted molar refractivity (Wildman–Crippen MR) is 101 cm³/mol. The highest BCUT2D eigenvalue weighted by atomic mass is 35.5. The first kappa shape index (κ1) is 19.1. The van der Waals surface area contributed by atoms with Crippen molar-refractivity contribution in [1.82, 2.24) is 15.0 Å². The van der Waals surface area contributed by atoms with Crippen molar-refractivity contribution in [3.8, 4) is 11.6 Å². The molecular weight excluding hydrogens is 413 g/mol. The van der Waals surface area contributed by atoms with Crippen LogP contribution in [0.25, 0.3) is 0 Å². The molecule has 3 aromatic rings. The minimum absolute atomic E-state index is 0.0397. The van der Waals surface area contributed by atoms with E-state index in [1.807, 2.05) is 0 Å². The third-order valence-corrected chi connectivity index (χ3v) is 4.28. The number of hydrogen-bond donors (Lipinski definition) is 2. The Bertz CT molecular complexity index is 967. The van der Waals surface area contributed by atoms with Crippen molar-refractivity contribution in [2.24, 2.45) is 0 Å². The molecule has 2 N–H and O–H groups in total. The summed E-state index contributed by atoms with van der Waals surface area (Å²) in [6.45, 7) is 0. The number of halogens is 2. The van der Waals surface area contributed by atoms with Gasteiger partial charge in [0.05, 0.1) is 11.3 Å². The summed E-state index contributed by atoms with van der Waals surface area (Å²) in [5.74, 6) is 0.0695. The summed E-state index contributed by atoms with van der Waals surface area (Å²) in [6.07, 6.45) is 2.76. The van der Waals surface area contributed by atoms with E-state index in [9.17, 15) is 9.59 Å². The zero-order valence-corrected chi connectivity index (χ0v) is 15.8. The van der Waals surface area contributed by atoms with Crippen molar-refractivity contribution < 1.29 is 18.7 Å². The minimum Gasteiger partial charge on any atom is -0.459 e. The van der Waals surface area contributed by atoms with Gasteiger partial charge < -0.3 is 9.15 Å². The SMILES string of the molecule is O=C(NSc1cccc(Oc2ncc(Cl)cc2Cl)c1)NC(=O)c1ccco1. The number of nitrogens with one attached hydrogen (secondary N) is 2. The molecule has 1 aromatic carbocycles. The number of nitrogens with zero attached hydrogens (tertiary/aromatic N) is 1. The Hall–Kier alpha value is -2.68. The van der Waals surface area contributed by atoms with Gasteiger partial charge in [0.2, 0.25) is 5.88 Å². The van der Waals surface area contributed by atoms with Gasteiger partial charge in [-0.15, -0.1) is 0 Å². The summed E-state index contributed by atoms with van der Waals surface area (Å²) in [7, 11) is 0. The van der Waals surface area contributed by atoms with Crippen LogP contribution in [0.4, 0.5) is 4.79 Å². The molecule has 0 saturated carbocycles. The van der Waals surface area contributed by atoms with E-state index in [-0.39, 0.29) is 16.7 Å². The Morgan fingerprint density at radius 3 is 2.74 bits per heavy atom. The molecule has 2 heterocycles. The van der Waals surface area contributed by atoms with Crippen LogP contribution < -0.4 is 14.8 Å². The fourth-order valence-corrected chi connectivity index (χ4v) is 2.90. The Balaban J connectivity index is 1.57. The average molecular weight is 424 g/mol. The average Bonchev–Trinajstić information content (AvgIpc) is 3.18. The first-order valence-electron chi connectivity index (χ1n) is 7.42. The first-order chi connectivity index (χ1) is 13.0. The molecule has 0 saturated heterocycles. The Morgan fingerprint density at radius 2 is 2.00 bits per heavy atom. The predicted octanol–water partition coefficient (Wildman–Crippen LogP) is 4.92. The van der Waals surface area contributed by atoms with E-state index in [1.165, 1.54) is 24.6 Å². The van der Waals surface area contributed by atoms with E-state index < -0.39 is 11.9 Å². The minimum atomic E-state index is -0.685. The number of furan rings is 1.